The maximum Gasteiger partial charge on any atom is -0.00838 e. The van der Waals surface area contributed by atoms with Gasteiger partial charge in [0.05, 0.1) is 0 Å². The number of hydrogen-bond donors (Lipinski definition) is 0. The lowest BCUT2D eigenvalue weighted by Crippen LogP contribution is -2.30. The Balaban J connectivity index is 1.68. The van der Waals surface area contributed by atoms with E-state index in [-0.39, 0.29) is 0 Å². The van der Waals surface area contributed by atoms with Gasteiger partial charge in [0.2, 0.25) is 0 Å². The first-order valence-corrected chi connectivity index (χ1v) is 10.3. The molecule has 0 saturated heterocycles. The predicted octanol–water partition coefficient (Wildman–Crippen LogP) is 7.69. The number of fused-ring (bicyclic) bond motifs is 8. The van der Waals surface area contributed by atoms with Gasteiger partial charge < -0.3 is 0 Å². The highest BCUT2D eigenvalue weighted by molar-refractivity contribution is 6.13. The Labute approximate surface area is 160 Å². The zero-order valence-corrected chi connectivity index (χ0v) is 16.0. The first-order chi connectivity index (χ1) is 13.2. The van der Waals surface area contributed by atoms with Crippen LogP contribution >= 0.6 is 0 Å². The van der Waals surface area contributed by atoms with Crippen molar-refractivity contribution in [2.45, 2.75) is 32.6 Å². The maximum atomic E-state index is 2.50. The molecule has 27 heavy (non-hydrogen) atoms. The molecule has 0 heteroatoms. The molecular formula is C27H24. The monoisotopic (exact) mass is 348 g/mol. The Morgan fingerprint density at radius 3 is 2.19 bits per heavy atom. The van der Waals surface area contributed by atoms with Crippen LogP contribution in [0.5, 0.6) is 0 Å². The quantitative estimate of drug-likeness (QED) is 0.244. The van der Waals surface area contributed by atoms with Crippen molar-refractivity contribution in [3.8, 4) is 0 Å². The third-order valence-electron chi connectivity index (χ3n) is 7.02. The topological polar surface area (TPSA) is 0 Å². The van der Waals surface area contributed by atoms with E-state index in [1.54, 1.807) is 11.1 Å². The summed E-state index contributed by atoms with van der Waals surface area (Å²) in [5.41, 5.74) is 4.75. The minimum atomic E-state index is 0.657. The molecule has 0 heterocycles. The summed E-state index contributed by atoms with van der Waals surface area (Å²) in [5, 5.41) is 8.29. The van der Waals surface area contributed by atoms with E-state index in [1.807, 2.05) is 0 Å². The molecule has 4 aromatic carbocycles. The lowest BCUT2D eigenvalue weighted by molar-refractivity contribution is 0.282. The van der Waals surface area contributed by atoms with Crippen molar-refractivity contribution < 1.29 is 0 Å². The average molecular weight is 348 g/mol. The third-order valence-corrected chi connectivity index (χ3v) is 7.02. The van der Waals surface area contributed by atoms with Crippen LogP contribution in [-0.2, 0) is 0 Å². The fourth-order valence-corrected chi connectivity index (χ4v) is 5.54. The van der Waals surface area contributed by atoms with Crippen molar-refractivity contribution in [3.63, 3.8) is 0 Å². The molecule has 0 bridgehead atoms. The molecule has 2 aliphatic carbocycles. The lowest BCUT2D eigenvalue weighted by Gasteiger charge is -2.44. The predicted molar refractivity (Wildman–Crippen MR) is 117 cm³/mol. The Kier molecular flexibility index (Phi) is 3.12. The van der Waals surface area contributed by atoms with E-state index in [0.717, 1.165) is 11.8 Å². The summed E-state index contributed by atoms with van der Waals surface area (Å²) in [6.07, 6.45) is 5.21. The molecule has 0 nitrogen and oxygen atoms in total. The van der Waals surface area contributed by atoms with E-state index in [1.165, 1.54) is 50.7 Å². The van der Waals surface area contributed by atoms with Gasteiger partial charge in [-0.2, -0.15) is 0 Å². The third kappa shape index (κ3) is 2.10. The second kappa shape index (κ2) is 5.45. The standard InChI is InChI=1S/C27H24/c1-16(2)25-15-20-8-9-22-23(27(20)24-12-11-21(24)25)10-7-19-13-17-5-3-4-6-18(17)14-26(19)22/h3-10,13-16,21,24H,11-12H2,1-2H3. The van der Waals surface area contributed by atoms with Gasteiger partial charge in [-0.05, 0) is 86.2 Å². The van der Waals surface area contributed by atoms with Gasteiger partial charge in [0, 0.05) is 0 Å². The smallest absolute Gasteiger partial charge is 0.00838 e. The van der Waals surface area contributed by atoms with Gasteiger partial charge in [-0.3, -0.25) is 0 Å². The van der Waals surface area contributed by atoms with Crippen LogP contribution in [0.15, 0.2) is 66.2 Å². The summed E-state index contributed by atoms with van der Waals surface area (Å²) in [4.78, 5) is 0. The Morgan fingerprint density at radius 1 is 0.704 bits per heavy atom. The first-order valence-electron chi connectivity index (χ1n) is 10.3. The molecule has 1 fully saturated rings. The van der Waals surface area contributed by atoms with E-state index in [0.29, 0.717) is 5.92 Å². The van der Waals surface area contributed by atoms with Crippen LogP contribution in [0.25, 0.3) is 38.4 Å². The van der Waals surface area contributed by atoms with Crippen LogP contribution in [-0.4, -0.2) is 0 Å². The SMILES string of the molecule is CC(C)C1=Cc2ccc3c(ccc4cc5ccccc5cc43)c2C2CCC12. The fraction of sp³-hybridized carbons (Fsp3) is 0.259. The molecule has 0 N–H and O–H groups in total. The fourth-order valence-electron chi connectivity index (χ4n) is 5.54. The van der Waals surface area contributed by atoms with Crippen molar-refractivity contribution in [1.29, 1.82) is 0 Å². The Hall–Kier alpha value is -2.60. The molecule has 2 atom stereocenters. The normalized spacial score (nSPS) is 21.2. The van der Waals surface area contributed by atoms with Gasteiger partial charge in [0.15, 0.2) is 0 Å². The van der Waals surface area contributed by atoms with Crippen LogP contribution in [0.2, 0.25) is 0 Å². The molecule has 1 saturated carbocycles. The molecule has 0 aliphatic heterocycles. The largest absolute Gasteiger partial charge is 0.0633 e. The van der Waals surface area contributed by atoms with Crippen LogP contribution < -0.4 is 0 Å². The molecule has 0 aromatic heterocycles. The van der Waals surface area contributed by atoms with Gasteiger partial charge in [0.1, 0.15) is 0 Å². The van der Waals surface area contributed by atoms with E-state index in [2.05, 4.69) is 80.6 Å². The highest BCUT2D eigenvalue weighted by Crippen LogP contribution is 2.54. The van der Waals surface area contributed by atoms with Crippen LogP contribution in [0.4, 0.5) is 0 Å². The van der Waals surface area contributed by atoms with E-state index < -0.39 is 0 Å². The van der Waals surface area contributed by atoms with Gasteiger partial charge in [-0.1, -0.05) is 74.0 Å². The Morgan fingerprint density at radius 2 is 1.44 bits per heavy atom. The molecule has 0 radical (unpaired) electrons. The summed E-state index contributed by atoms with van der Waals surface area (Å²) < 4.78 is 0. The molecular weight excluding hydrogens is 324 g/mol. The molecule has 2 unspecified atom stereocenters. The second-order valence-electron chi connectivity index (χ2n) is 8.74. The van der Waals surface area contributed by atoms with Crippen LogP contribution in [0.3, 0.4) is 0 Å². The molecule has 4 aromatic rings. The molecule has 2 aliphatic rings. The Bertz CT molecular complexity index is 1260. The second-order valence-corrected chi connectivity index (χ2v) is 8.74. The highest BCUT2D eigenvalue weighted by atomic mass is 14.4. The van der Waals surface area contributed by atoms with Crippen LogP contribution in [0, 0.1) is 11.8 Å². The van der Waals surface area contributed by atoms with Crippen molar-refractivity contribution >= 4 is 38.4 Å². The zero-order valence-electron chi connectivity index (χ0n) is 16.0. The summed E-state index contributed by atoms with van der Waals surface area (Å²) in [6.45, 7) is 4.71. The lowest BCUT2D eigenvalue weighted by atomic mass is 9.60. The van der Waals surface area contributed by atoms with Gasteiger partial charge >= 0.3 is 0 Å². The van der Waals surface area contributed by atoms with Gasteiger partial charge in [-0.25, -0.2) is 0 Å². The number of rotatable bonds is 1. The van der Waals surface area contributed by atoms with E-state index in [9.17, 15) is 0 Å². The minimum absolute atomic E-state index is 0.657. The van der Waals surface area contributed by atoms with Gasteiger partial charge in [-0.15, -0.1) is 0 Å². The van der Waals surface area contributed by atoms with E-state index in [4.69, 9.17) is 0 Å². The van der Waals surface area contributed by atoms with Crippen LogP contribution in [0.1, 0.15) is 43.7 Å². The summed E-state index contributed by atoms with van der Waals surface area (Å²) >= 11 is 0. The average Bonchev–Trinajstić information content (AvgIpc) is 2.65. The molecule has 132 valence electrons. The molecule has 0 spiro atoms. The van der Waals surface area contributed by atoms with Crippen molar-refractivity contribution in [2.24, 2.45) is 11.8 Å². The summed E-state index contributed by atoms with van der Waals surface area (Å²) in [6, 6.07) is 22.9. The molecule has 6 rings (SSSR count). The summed E-state index contributed by atoms with van der Waals surface area (Å²) in [7, 11) is 0. The zero-order chi connectivity index (χ0) is 18.1. The van der Waals surface area contributed by atoms with Crippen molar-refractivity contribution in [2.75, 3.05) is 0 Å². The number of allylic oxidation sites excluding steroid dienone is 1. The van der Waals surface area contributed by atoms with Crippen molar-refractivity contribution in [3.05, 3.63) is 77.4 Å². The highest BCUT2D eigenvalue weighted by Gasteiger charge is 2.40. The minimum Gasteiger partial charge on any atom is -0.0633 e. The molecule has 0 amide bonds. The maximum absolute atomic E-state index is 2.50. The van der Waals surface area contributed by atoms with E-state index >= 15 is 0 Å². The number of benzene rings is 4. The first kappa shape index (κ1) is 15.5. The van der Waals surface area contributed by atoms with Gasteiger partial charge in [0.25, 0.3) is 0 Å². The number of hydrogen-bond acceptors (Lipinski definition) is 0. The van der Waals surface area contributed by atoms with Crippen molar-refractivity contribution in [1.82, 2.24) is 0 Å². The summed E-state index contributed by atoms with van der Waals surface area (Å²) in [5.74, 6) is 2.16.